The van der Waals surface area contributed by atoms with E-state index in [9.17, 15) is 14.4 Å². The standard InChI is InChI=1S/C13H23N3O4/c1-4-16(13(2,3)11(18)19)12(20)15-8-7-14-10(17)9-5-6-9/h9H,4-8H2,1-3H3,(H,14,17)(H,15,20)(H,18,19). The molecule has 0 aromatic carbocycles. The number of carbonyl (C=O) groups is 3. The number of urea groups is 1. The molecule has 1 fully saturated rings. The lowest BCUT2D eigenvalue weighted by Gasteiger charge is -2.34. The Hall–Kier alpha value is -1.79. The lowest BCUT2D eigenvalue weighted by Crippen LogP contribution is -2.56. The molecule has 1 aliphatic rings. The number of nitrogens with one attached hydrogen (secondary N) is 2. The Balaban J connectivity index is 2.35. The van der Waals surface area contributed by atoms with E-state index in [0.717, 1.165) is 12.8 Å². The first-order chi connectivity index (χ1) is 9.30. The number of nitrogens with zero attached hydrogens (tertiary/aromatic N) is 1. The quantitative estimate of drug-likeness (QED) is 0.590. The molecule has 0 spiro atoms. The maximum absolute atomic E-state index is 12.0. The molecule has 0 bridgehead atoms. The number of likely N-dealkylation sites (N-methyl/N-ethyl adjacent to an activating group) is 1. The van der Waals surface area contributed by atoms with Crippen LogP contribution in [-0.2, 0) is 9.59 Å². The molecule has 0 aliphatic heterocycles. The van der Waals surface area contributed by atoms with Gasteiger partial charge in [0.05, 0.1) is 0 Å². The predicted octanol–water partition coefficient (Wildman–Crippen LogP) is 0.407. The van der Waals surface area contributed by atoms with Crippen molar-refractivity contribution in [3.05, 3.63) is 0 Å². The third kappa shape index (κ3) is 4.11. The number of rotatable bonds is 7. The van der Waals surface area contributed by atoms with E-state index in [0.29, 0.717) is 13.1 Å². The van der Waals surface area contributed by atoms with Crippen molar-refractivity contribution < 1.29 is 19.5 Å². The van der Waals surface area contributed by atoms with Gasteiger partial charge in [0.1, 0.15) is 5.54 Å². The van der Waals surface area contributed by atoms with Gasteiger partial charge in [-0.05, 0) is 33.6 Å². The van der Waals surface area contributed by atoms with Crippen LogP contribution in [-0.4, -0.2) is 53.1 Å². The van der Waals surface area contributed by atoms with Crippen LogP contribution in [0.25, 0.3) is 0 Å². The summed E-state index contributed by atoms with van der Waals surface area (Å²) in [6, 6.07) is -0.444. The molecule has 0 unspecified atom stereocenters. The van der Waals surface area contributed by atoms with Crippen LogP contribution in [0.4, 0.5) is 4.79 Å². The van der Waals surface area contributed by atoms with E-state index >= 15 is 0 Å². The fourth-order valence-electron chi connectivity index (χ4n) is 1.85. The molecule has 0 saturated heterocycles. The zero-order valence-electron chi connectivity index (χ0n) is 12.2. The molecule has 7 nitrogen and oxygen atoms in total. The van der Waals surface area contributed by atoms with E-state index in [1.54, 1.807) is 6.92 Å². The second-order valence-electron chi connectivity index (χ2n) is 5.41. The second kappa shape index (κ2) is 6.58. The van der Waals surface area contributed by atoms with Crippen LogP contribution in [0.1, 0.15) is 33.6 Å². The maximum atomic E-state index is 12.0. The van der Waals surface area contributed by atoms with Gasteiger partial charge in [-0.15, -0.1) is 0 Å². The van der Waals surface area contributed by atoms with Crippen LogP contribution >= 0.6 is 0 Å². The van der Waals surface area contributed by atoms with Crippen molar-refractivity contribution >= 4 is 17.9 Å². The summed E-state index contributed by atoms with van der Waals surface area (Å²) in [5, 5.41) is 14.5. The summed E-state index contributed by atoms with van der Waals surface area (Å²) < 4.78 is 0. The predicted molar refractivity (Wildman–Crippen MR) is 73.2 cm³/mol. The minimum atomic E-state index is -1.27. The van der Waals surface area contributed by atoms with Gasteiger partial charge in [0.25, 0.3) is 0 Å². The molecule has 20 heavy (non-hydrogen) atoms. The summed E-state index contributed by atoms with van der Waals surface area (Å²) in [5.41, 5.74) is -1.27. The molecule has 0 atom stereocenters. The minimum absolute atomic E-state index is 0.0254. The zero-order valence-corrected chi connectivity index (χ0v) is 12.2. The van der Waals surface area contributed by atoms with Crippen molar-refractivity contribution in [3.63, 3.8) is 0 Å². The fourth-order valence-corrected chi connectivity index (χ4v) is 1.85. The SMILES string of the molecule is CCN(C(=O)NCCNC(=O)C1CC1)C(C)(C)C(=O)O. The second-order valence-corrected chi connectivity index (χ2v) is 5.41. The first kappa shape index (κ1) is 16.3. The Morgan fingerprint density at radius 1 is 1.20 bits per heavy atom. The average molecular weight is 285 g/mol. The Kier molecular flexibility index (Phi) is 5.35. The van der Waals surface area contributed by atoms with Gasteiger partial charge in [-0.25, -0.2) is 9.59 Å². The third-order valence-corrected chi connectivity index (χ3v) is 3.41. The maximum Gasteiger partial charge on any atom is 0.329 e. The van der Waals surface area contributed by atoms with Gasteiger partial charge in [0.15, 0.2) is 0 Å². The Morgan fingerprint density at radius 3 is 2.20 bits per heavy atom. The highest BCUT2D eigenvalue weighted by molar-refractivity contribution is 5.85. The van der Waals surface area contributed by atoms with Gasteiger partial charge in [-0.3, -0.25) is 4.79 Å². The summed E-state index contributed by atoms with van der Waals surface area (Å²) in [6.07, 6.45) is 1.88. The molecule has 1 saturated carbocycles. The third-order valence-electron chi connectivity index (χ3n) is 3.41. The first-order valence-electron chi connectivity index (χ1n) is 6.87. The van der Waals surface area contributed by atoms with Crippen molar-refractivity contribution in [2.75, 3.05) is 19.6 Å². The number of carbonyl (C=O) groups excluding carboxylic acids is 2. The number of aliphatic carboxylic acids is 1. The van der Waals surface area contributed by atoms with E-state index in [4.69, 9.17) is 5.11 Å². The fraction of sp³-hybridized carbons (Fsp3) is 0.769. The summed E-state index contributed by atoms with van der Waals surface area (Å²) >= 11 is 0. The lowest BCUT2D eigenvalue weighted by atomic mass is 10.0. The van der Waals surface area contributed by atoms with E-state index < -0.39 is 17.5 Å². The van der Waals surface area contributed by atoms with Crippen LogP contribution in [0.5, 0.6) is 0 Å². The van der Waals surface area contributed by atoms with Crippen molar-refractivity contribution in [3.8, 4) is 0 Å². The Morgan fingerprint density at radius 2 is 1.75 bits per heavy atom. The minimum Gasteiger partial charge on any atom is -0.480 e. The topological polar surface area (TPSA) is 98.7 Å². The normalized spacial score (nSPS) is 14.6. The molecule has 0 heterocycles. The molecule has 0 aromatic heterocycles. The number of carboxylic acids is 1. The van der Waals surface area contributed by atoms with Crippen LogP contribution in [0.2, 0.25) is 0 Å². The summed E-state index contributed by atoms with van der Waals surface area (Å²) in [5.74, 6) is -0.891. The van der Waals surface area contributed by atoms with Crippen molar-refractivity contribution in [1.29, 1.82) is 0 Å². The molecular formula is C13H23N3O4. The van der Waals surface area contributed by atoms with Crippen LogP contribution in [0, 0.1) is 5.92 Å². The number of hydrogen-bond donors (Lipinski definition) is 3. The largest absolute Gasteiger partial charge is 0.480 e. The number of hydrogen-bond acceptors (Lipinski definition) is 3. The van der Waals surface area contributed by atoms with Gasteiger partial charge < -0.3 is 20.6 Å². The van der Waals surface area contributed by atoms with Crippen LogP contribution in [0.15, 0.2) is 0 Å². The molecule has 3 amide bonds. The van der Waals surface area contributed by atoms with Gasteiger partial charge in [-0.2, -0.15) is 0 Å². The van der Waals surface area contributed by atoms with Crippen LogP contribution in [0.3, 0.4) is 0 Å². The van der Waals surface area contributed by atoms with Crippen molar-refractivity contribution in [2.24, 2.45) is 5.92 Å². The molecule has 0 aromatic rings. The van der Waals surface area contributed by atoms with Crippen LogP contribution < -0.4 is 10.6 Å². The van der Waals surface area contributed by atoms with Crippen molar-refractivity contribution in [2.45, 2.75) is 39.2 Å². The van der Waals surface area contributed by atoms with Crippen molar-refractivity contribution in [1.82, 2.24) is 15.5 Å². The molecule has 0 radical (unpaired) electrons. The highest BCUT2D eigenvalue weighted by atomic mass is 16.4. The smallest absolute Gasteiger partial charge is 0.329 e. The lowest BCUT2D eigenvalue weighted by molar-refractivity contribution is -0.147. The molecular weight excluding hydrogens is 262 g/mol. The molecule has 7 heteroatoms. The Labute approximate surface area is 118 Å². The van der Waals surface area contributed by atoms with E-state index in [1.807, 2.05) is 0 Å². The monoisotopic (exact) mass is 285 g/mol. The van der Waals surface area contributed by atoms with E-state index in [-0.39, 0.29) is 18.4 Å². The highest BCUT2D eigenvalue weighted by Gasteiger charge is 2.36. The van der Waals surface area contributed by atoms with Gasteiger partial charge in [0.2, 0.25) is 5.91 Å². The first-order valence-corrected chi connectivity index (χ1v) is 6.87. The van der Waals surface area contributed by atoms with Gasteiger partial charge in [-0.1, -0.05) is 0 Å². The molecule has 3 N–H and O–H groups in total. The number of amides is 3. The van der Waals surface area contributed by atoms with E-state index in [1.165, 1.54) is 18.7 Å². The molecule has 114 valence electrons. The zero-order chi connectivity index (χ0) is 15.3. The van der Waals surface area contributed by atoms with Gasteiger partial charge in [0, 0.05) is 25.6 Å². The number of carboxylic acid groups (broad SMARTS) is 1. The van der Waals surface area contributed by atoms with Gasteiger partial charge >= 0.3 is 12.0 Å². The molecule has 1 rings (SSSR count). The highest BCUT2D eigenvalue weighted by Crippen LogP contribution is 2.28. The van der Waals surface area contributed by atoms with E-state index in [2.05, 4.69) is 10.6 Å². The molecule has 1 aliphatic carbocycles. The summed E-state index contributed by atoms with van der Waals surface area (Å²) in [4.78, 5) is 35.7. The summed E-state index contributed by atoms with van der Waals surface area (Å²) in [6.45, 7) is 5.61. The Bertz CT molecular complexity index is 391. The average Bonchev–Trinajstić information content (AvgIpc) is 3.18. The summed E-state index contributed by atoms with van der Waals surface area (Å²) in [7, 11) is 0.